The van der Waals surface area contributed by atoms with Crippen LogP contribution < -0.4 is 0 Å². The predicted octanol–water partition coefficient (Wildman–Crippen LogP) is 1.79. The Morgan fingerprint density at radius 1 is 1.12 bits per heavy atom. The number of carbonyl (C=O) groups excluding carboxylic acids is 1. The van der Waals surface area contributed by atoms with Gasteiger partial charge in [0, 0.05) is 12.3 Å². The van der Waals surface area contributed by atoms with Crippen molar-refractivity contribution in [2.75, 3.05) is 6.61 Å². The smallest absolute Gasteiger partial charge is 0.137 e. The van der Waals surface area contributed by atoms with Crippen LogP contribution in [-0.2, 0) is 4.79 Å². The molecule has 12 atom stereocenters. The SMILES string of the molecule is C[C@H]([C@H](O)CCC(C)(O)CO)[C@@H]1CC[C@]2(O)C3CC(=O)[C@@H]4C[C@@H](O)[C@@H](O)C[C@]4(C)[C@@H]3CC[C@]12C. The number of hydrogen-bond acceptors (Lipinski definition) is 7. The maximum Gasteiger partial charge on any atom is 0.137 e. The van der Waals surface area contributed by atoms with E-state index >= 15 is 0 Å². The van der Waals surface area contributed by atoms with Crippen LogP contribution in [0.2, 0.25) is 0 Å². The normalized spacial score (nSPS) is 50.0. The van der Waals surface area contributed by atoms with Gasteiger partial charge in [0.25, 0.3) is 0 Å². The third-order valence-electron chi connectivity index (χ3n) is 11.3. The summed E-state index contributed by atoms with van der Waals surface area (Å²) in [5.41, 5.74) is -3.07. The summed E-state index contributed by atoms with van der Waals surface area (Å²) in [6.45, 7) is 7.45. The molecule has 4 rings (SSSR count). The lowest BCUT2D eigenvalue weighted by molar-refractivity contribution is -0.220. The van der Waals surface area contributed by atoms with Gasteiger partial charge in [0.2, 0.25) is 0 Å². The zero-order chi connectivity index (χ0) is 25.3. The first-order valence-corrected chi connectivity index (χ1v) is 13.3. The van der Waals surface area contributed by atoms with Crippen LogP contribution in [0.25, 0.3) is 0 Å². The zero-order valence-corrected chi connectivity index (χ0v) is 21.3. The summed E-state index contributed by atoms with van der Waals surface area (Å²) < 4.78 is 0. The molecule has 4 aliphatic carbocycles. The number of rotatable bonds is 6. The molecule has 34 heavy (non-hydrogen) atoms. The molecular weight excluding hydrogens is 436 g/mol. The Kier molecular flexibility index (Phi) is 6.84. The van der Waals surface area contributed by atoms with Crippen molar-refractivity contribution < 1.29 is 35.4 Å². The highest BCUT2D eigenvalue weighted by atomic mass is 16.3. The minimum atomic E-state index is -1.22. The molecule has 7 heteroatoms. The first kappa shape index (κ1) is 26.5. The minimum absolute atomic E-state index is 0.0839. The molecule has 2 unspecified atom stereocenters. The summed E-state index contributed by atoms with van der Waals surface area (Å²) >= 11 is 0. The molecule has 0 aromatic rings. The average Bonchev–Trinajstić information content (AvgIpc) is 3.05. The molecule has 0 amide bonds. The Bertz CT molecular complexity index is 785. The fraction of sp³-hybridized carbons (Fsp3) is 0.963. The lowest BCUT2D eigenvalue weighted by atomic mass is 9.42. The molecule has 0 saturated heterocycles. The van der Waals surface area contributed by atoms with Crippen LogP contribution in [0.5, 0.6) is 0 Å². The predicted molar refractivity (Wildman–Crippen MR) is 127 cm³/mol. The molecule has 4 fully saturated rings. The molecule has 4 saturated carbocycles. The maximum atomic E-state index is 13.3. The van der Waals surface area contributed by atoms with Gasteiger partial charge in [-0.25, -0.2) is 0 Å². The van der Waals surface area contributed by atoms with E-state index < -0.39 is 40.3 Å². The third kappa shape index (κ3) is 3.90. The van der Waals surface area contributed by atoms with Crippen LogP contribution in [0.4, 0.5) is 0 Å². The summed E-state index contributed by atoms with van der Waals surface area (Å²) in [7, 11) is 0. The minimum Gasteiger partial charge on any atom is -0.393 e. The summed E-state index contributed by atoms with van der Waals surface area (Å²) in [6.07, 6.45) is 2.40. The van der Waals surface area contributed by atoms with E-state index in [4.69, 9.17) is 0 Å². The van der Waals surface area contributed by atoms with Crippen LogP contribution in [0.3, 0.4) is 0 Å². The zero-order valence-electron chi connectivity index (χ0n) is 21.3. The lowest BCUT2D eigenvalue weighted by Crippen LogP contribution is -2.65. The van der Waals surface area contributed by atoms with Gasteiger partial charge in [-0.05, 0) is 92.8 Å². The van der Waals surface area contributed by atoms with Gasteiger partial charge in [0.15, 0.2) is 0 Å². The van der Waals surface area contributed by atoms with E-state index in [1.54, 1.807) is 6.92 Å². The number of fused-ring (bicyclic) bond motifs is 5. The summed E-state index contributed by atoms with van der Waals surface area (Å²) in [6, 6.07) is 0. The molecule has 0 aliphatic heterocycles. The summed E-state index contributed by atoms with van der Waals surface area (Å²) in [4.78, 5) is 13.3. The van der Waals surface area contributed by atoms with Crippen LogP contribution in [0.1, 0.15) is 85.5 Å². The highest BCUT2D eigenvalue weighted by molar-refractivity contribution is 5.83. The Morgan fingerprint density at radius 2 is 1.79 bits per heavy atom. The maximum absolute atomic E-state index is 13.3. The molecule has 6 N–H and O–H groups in total. The van der Waals surface area contributed by atoms with Crippen molar-refractivity contribution in [3.8, 4) is 0 Å². The number of aliphatic hydroxyl groups is 6. The van der Waals surface area contributed by atoms with Gasteiger partial charge >= 0.3 is 0 Å². The molecule has 0 heterocycles. The van der Waals surface area contributed by atoms with E-state index in [2.05, 4.69) is 13.8 Å². The van der Waals surface area contributed by atoms with Crippen LogP contribution in [-0.4, -0.2) is 72.5 Å². The fourth-order valence-electron chi connectivity index (χ4n) is 8.98. The second-order valence-electron chi connectivity index (χ2n) is 13.2. The second-order valence-corrected chi connectivity index (χ2v) is 13.2. The van der Waals surface area contributed by atoms with E-state index in [9.17, 15) is 35.4 Å². The Labute approximate surface area is 203 Å². The summed E-state index contributed by atoms with van der Waals surface area (Å²) in [5, 5.41) is 63.4. The van der Waals surface area contributed by atoms with E-state index in [1.165, 1.54) is 0 Å². The topological polar surface area (TPSA) is 138 Å². The standard InChI is InChI=1S/C27H46O7/c1-15(20(29)7-8-24(2,33)14-28)16-6-10-27(34)18-11-21(30)19-12-22(31)23(32)13-25(19,3)17(18)5-9-26(16,27)4/h15-20,22-23,28-29,31-34H,5-14H2,1-4H3/t15-,16-,17+,18?,19-,20+,22+,23-,24?,25+,26+,27-/m0/s1. The number of ketones is 1. The second kappa shape index (κ2) is 8.77. The number of aliphatic hydroxyl groups excluding tert-OH is 4. The van der Waals surface area contributed by atoms with Crippen LogP contribution in [0, 0.1) is 40.4 Å². The average molecular weight is 483 g/mol. The molecular formula is C27H46O7. The Hall–Kier alpha value is -0.570. The van der Waals surface area contributed by atoms with Crippen molar-refractivity contribution in [1.29, 1.82) is 0 Å². The van der Waals surface area contributed by atoms with Crippen molar-refractivity contribution in [3.05, 3.63) is 0 Å². The molecule has 0 spiro atoms. The first-order valence-electron chi connectivity index (χ1n) is 13.3. The molecule has 196 valence electrons. The number of carbonyl (C=O) groups is 1. The molecule has 0 radical (unpaired) electrons. The van der Waals surface area contributed by atoms with Gasteiger partial charge < -0.3 is 30.6 Å². The molecule has 7 nitrogen and oxygen atoms in total. The quantitative estimate of drug-likeness (QED) is 0.339. The number of Topliss-reactive ketones (excluding diaryl/α,β-unsaturated/α-hetero) is 1. The van der Waals surface area contributed by atoms with E-state index in [-0.39, 0.29) is 42.0 Å². The van der Waals surface area contributed by atoms with Crippen LogP contribution >= 0.6 is 0 Å². The molecule has 0 aromatic carbocycles. The van der Waals surface area contributed by atoms with Gasteiger partial charge in [-0.3, -0.25) is 4.79 Å². The van der Waals surface area contributed by atoms with Gasteiger partial charge in [-0.1, -0.05) is 20.8 Å². The first-order chi connectivity index (χ1) is 15.7. The van der Waals surface area contributed by atoms with E-state index in [0.29, 0.717) is 38.5 Å². The Morgan fingerprint density at radius 3 is 2.44 bits per heavy atom. The van der Waals surface area contributed by atoms with E-state index in [1.807, 2.05) is 6.92 Å². The van der Waals surface area contributed by atoms with Gasteiger partial charge in [0.05, 0.1) is 36.1 Å². The highest BCUT2D eigenvalue weighted by Gasteiger charge is 2.69. The van der Waals surface area contributed by atoms with Crippen molar-refractivity contribution in [1.82, 2.24) is 0 Å². The molecule has 0 bridgehead atoms. The number of hydrogen-bond donors (Lipinski definition) is 6. The van der Waals surface area contributed by atoms with Crippen LogP contribution in [0.15, 0.2) is 0 Å². The largest absolute Gasteiger partial charge is 0.393 e. The van der Waals surface area contributed by atoms with Crippen molar-refractivity contribution in [2.24, 2.45) is 40.4 Å². The molecule has 4 aliphatic rings. The van der Waals surface area contributed by atoms with Gasteiger partial charge in [0.1, 0.15) is 5.78 Å². The third-order valence-corrected chi connectivity index (χ3v) is 11.3. The monoisotopic (exact) mass is 482 g/mol. The Balaban J connectivity index is 1.56. The van der Waals surface area contributed by atoms with Crippen molar-refractivity contribution in [3.63, 3.8) is 0 Å². The molecule has 0 aromatic heterocycles. The lowest BCUT2D eigenvalue weighted by Gasteiger charge is -2.63. The fourth-order valence-corrected chi connectivity index (χ4v) is 8.98. The van der Waals surface area contributed by atoms with Crippen molar-refractivity contribution >= 4 is 5.78 Å². The van der Waals surface area contributed by atoms with E-state index in [0.717, 1.165) is 19.3 Å². The van der Waals surface area contributed by atoms with Gasteiger partial charge in [-0.15, -0.1) is 0 Å². The highest BCUT2D eigenvalue weighted by Crippen LogP contribution is 2.69. The van der Waals surface area contributed by atoms with Gasteiger partial charge in [-0.2, -0.15) is 0 Å². The summed E-state index contributed by atoms with van der Waals surface area (Å²) in [5.74, 6) is -0.209. The van der Waals surface area contributed by atoms with Crippen molar-refractivity contribution in [2.45, 2.75) is 115 Å².